The van der Waals surface area contributed by atoms with E-state index in [0.717, 1.165) is 51.6 Å². The summed E-state index contributed by atoms with van der Waals surface area (Å²) < 4.78 is 5.52. The molecule has 3 saturated heterocycles. The Morgan fingerprint density at radius 2 is 1.86 bits per heavy atom. The van der Waals surface area contributed by atoms with Gasteiger partial charge in [-0.25, -0.2) is 9.97 Å². The highest BCUT2D eigenvalue weighted by Gasteiger charge is 2.43. The van der Waals surface area contributed by atoms with Crippen LogP contribution in [0.2, 0.25) is 0 Å². The van der Waals surface area contributed by atoms with E-state index in [-0.39, 0.29) is 12.0 Å². The molecule has 3 aliphatic heterocycles. The molecule has 0 radical (unpaired) electrons. The molecule has 112 valence electrons. The van der Waals surface area contributed by atoms with Crippen molar-refractivity contribution in [2.45, 2.75) is 18.9 Å². The molecular weight excluding hydrogens is 268 g/mol. The van der Waals surface area contributed by atoms with Crippen molar-refractivity contribution in [3.63, 3.8) is 0 Å². The second kappa shape index (κ2) is 5.26. The Balaban J connectivity index is 1.38. The van der Waals surface area contributed by atoms with E-state index >= 15 is 0 Å². The van der Waals surface area contributed by atoms with Crippen LogP contribution in [-0.4, -0.2) is 59.7 Å². The zero-order valence-corrected chi connectivity index (χ0v) is 12.0. The Morgan fingerprint density at radius 3 is 2.48 bits per heavy atom. The number of amides is 1. The summed E-state index contributed by atoms with van der Waals surface area (Å²) in [4.78, 5) is 25.3. The van der Waals surface area contributed by atoms with E-state index in [1.165, 1.54) is 0 Å². The summed E-state index contributed by atoms with van der Waals surface area (Å²) in [7, 11) is 0. The van der Waals surface area contributed by atoms with Crippen molar-refractivity contribution in [2.24, 2.45) is 11.8 Å². The van der Waals surface area contributed by atoms with Crippen LogP contribution in [0.5, 0.6) is 0 Å². The molecule has 1 aromatic rings. The normalized spacial score (nSPS) is 31.7. The van der Waals surface area contributed by atoms with Gasteiger partial charge in [-0.2, -0.15) is 0 Å². The van der Waals surface area contributed by atoms with E-state index in [9.17, 15) is 4.79 Å². The van der Waals surface area contributed by atoms with Crippen LogP contribution in [0, 0.1) is 11.8 Å². The van der Waals surface area contributed by atoms with Crippen LogP contribution >= 0.6 is 0 Å². The maximum absolute atomic E-state index is 12.4. The van der Waals surface area contributed by atoms with Crippen LogP contribution in [0.3, 0.4) is 0 Å². The molecule has 0 saturated carbocycles. The van der Waals surface area contributed by atoms with Gasteiger partial charge in [0, 0.05) is 57.0 Å². The van der Waals surface area contributed by atoms with Crippen LogP contribution in [-0.2, 0) is 9.53 Å². The van der Waals surface area contributed by atoms with Gasteiger partial charge in [0.1, 0.15) is 6.10 Å². The Bertz CT molecular complexity index is 504. The summed E-state index contributed by atoms with van der Waals surface area (Å²) >= 11 is 0. The molecule has 1 aromatic heterocycles. The molecule has 0 spiro atoms. The van der Waals surface area contributed by atoms with Crippen molar-refractivity contribution < 1.29 is 9.53 Å². The first-order valence-corrected chi connectivity index (χ1v) is 7.73. The molecule has 6 nitrogen and oxygen atoms in total. The molecule has 0 aromatic carbocycles. The highest BCUT2D eigenvalue weighted by atomic mass is 16.5. The monoisotopic (exact) mass is 288 g/mol. The molecule has 0 unspecified atom stereocenters. The summed E-state index contributed by atoms with van der Waals surface area (Å²) in [6.45, 7) is 4.34. The van der Waals surface area contributed by atoms with Crippen molar-refractivity contribution in [2.75, 3.05) is 37.7 Å². The Kier molecular flexibility index (Phi) is 3.25. The average Bonchev–Trinajstić information content (AvgIpc) is 3.23. The van der Waals surface area contributed by atoms with Crippen molar-refractivity contribution in [3.05, 3.63) is 18.5 Å². The quantitative estimate of drug-likeness (QED) is 0.795. The highest BCUT2D eigenvalue weighted by Crippen LogP contribution is 2.33. The topological polar surface area (TPSA) is 58.6 Å². The van der Waals surface area contributed by atoms with E-state index in [0.29, 0.717) is 11.8 Å². The number of carbonyl (C=O) groups excluding carboxylic acids is 1. The van der Waals surface area contributed by atoms with Gasteiger partial charge in [0.05, 0.1) is 0 Å². The van der Waals surface area contributed by atoms with Crippen LogP contribution in [0.1, 0.15) is 12.8 Å². The SMILES string of the molecule is O=C([C@@H]1CCCO1)N1C[C@@H]2CN(c3ncccn3)C[C@@H]2C1. The first-order chi connectivity index (χ1) is 10.3. The number of likely N-dealkylation sites (tertiary alicyclic amines) is 1. The lowest BCUT2D eigenvalue weighted by Crippen LogP contribution is -2.39. The second-order valence-electron chi connectivity index (χ2n) is 6.22. The summed E-state index contributed by atoms with van der Waals surface area (Å²) in [5, 5.41) is 0. The predicted molar refractivity (Wildman–Crippen MR) is 76.8 cm³/mol. The molecule has 3 aliphatic rings. The minimum Gasteiger partial charge on any atom is -0.368 e. The maximum atomic E-state index is 12.4. The number of nitrogens with zero attached hydrogens (tertiary/aromatic N) is 4. The predicted octanol–water partition coefficient (Wildman–Crippen LogP) is 0.550. The van der Waals surface area contributed by atoms with E-state index in [2.05, 4.69) is 14.9 Å². The molecule has 0 aliphatic carbocycles. The lowest BCUT2D eigenvalue weighted by atomic mass is 10.0. The molecule has 3 atom stereocenters. The van der Waals surface area contributed by atoms with E-state index in [1.54, 1.807) is 12.4 Å². The first kappa shape index (κ1) is 13.0. The molecule has 4 rings (SSSR count). The molecular formula is C15H20N4O2. The number of ether oxygens (including phenoxy) is 1. The average molecular weight is 288 g/mol. The third kappa shape index (κ3) is 2.37. The van der Waals surface area contributed by atoms with Gasteiger partial charge in [-0.3, -0.25) is 4.79 Å². The smallest absolute Gasteiger partial charge is 0.251 e. The maximum Gasteiger partial charge on any atom is 0.251 e. The number of aromatic nitrogens is 2. The van der Waals surface area contributed by atoms with Crippen molar-refractivity contribution >= 4 is 11.9 Å². The Morgan fingerprint density at radius 1 is 1.14 bits per heavy atom. The molecule has 4 heterocycles. The highest BCUT2D eigenvalue weighted by molar-refractivity contribution is 5.81. The van der Waals surface area contributed by atoms with Gasteiger partial charge in [0.25, 0.3) is 5.91 Å². The van der Waals surface area contributed by atoms with Gasteiger partial charge in [0.15, 0.2) is 0 Å². The van der Waals surface area contributed by atoms with Gasteiger partial charge in [-0.05, 0) is 18.9 Å². The summed E-state index contributed by atoms with van der Waals surface area (Å²) in [6.07, 6.45) is 5.27. The summed E-state index contributed by atoms with van der Waals surface area (Å²) in [5.41, 5.74) is 0. The number of rotatable bonds is 2. The third-order valence-corrected chi connectivity index (χ3v) is 4.84. The fourth-order valence-corrected chi connectivity index (χ4v) is 3.77. The van der Waals surface area contributed by atoms with E-state index in [4.69, 9.17) is 4.74 Å². The van der Waals surface area contributed by atoms with Crippen LogP contribution < -0.4 is 4.90 Å². The van der Waals surface area contributed by atoms with Gasteiger partial charge in [-0.15, -0.1) is 0 Å². The molecule has 0 N–H and O–H groups in total. The molecule has 0 bridgehead atoms. The molecule has 3 fully saturated rings. The van der Waals surface area contributed by atoms with Crippen LogP contribution in [0.15, 0.2) is 18.5 Å². The number of fused-ring (bicyclic) bond motifs is 1. The van der Waals surface area contributed by atoms with Gasteiger partial charge in [-0.1, -0.05) is 0 Å². The van der Waals surface area contributed by atoms with Crippen LogP contribution in [0.25, 0.3) is 0 Å². The van der Waals surface area contributed by atoms with E-state index in [1.807, 2.05) is 11.0 Å². The lowest BCUT2D eigenvalue weighted by Gasteiger charge is -2.23. The number of hydrogen-bond acceptors (Lipinski definition) is 5. The van der Waals surface area contributed by atoms with Crippen molar-refractivity contribution in [1.29, 1.82) is 0 Å². The lowest BCUT2D eigenvalue weighted by molar-refractivity contribution is -0.140. The summed E-state index contributed by atoms with van der Waals surface area (Å²) in [5.74, 6) is 2.09. The number of carbonyl (C=O) groups is 1. The molecule has 6 heteroatoms. The first-order valence-electron chi connectivity index (χ1n) is 7.73. The van der Waals surface area contributed by atoms with Gasteiger partial charge < -0.3 is 14.5 Å². The van der Waals surface area contributed by atoms with Crippen molar-refractivity contribution in [3.8, 4) is 0 Å². The minimum atomic E-state index is -0.183. The van der Waals surface area contributed by atoms with Crippen molar-refractivity contribution in [1.82, 2.24) is 14.9 Å². The zero-order chi connectivity index (χ0) is 14.2. The summed E-state index contributed by atoms with van der Waals surface area (Å²) in [6, 6.07) is 1.84. The Hall–Kier alpha value is -1.69. The second-order valence-corrected chi connectivity index (χ2v) is 6.22. The third-order valence-electron chi connectivity index (χ3n) is 4.84. The largest absolute Gasteiger partial charge is 0.368 e. The van der Waals surface area contributed by atoms with Crippen LogP contribution in [0.4, 0.5) is 5.95 Å². The Labute approximate surface area is 124 Å². The standard InChI is InChI=1S/C15H20N4O2/c20-14(13-3-1-6-21-13)18-7-11-9-19(10-12(11)8-18)15-16-4-2-5-17-15/h2,4-5,11-13H,1,3,6-10H2/t11-,12+,13-/m0/s1. The molecule has 21 heavy (non-hydrogen) atoms. The molecule has 1 amide bonds. The number of hydrogen-bond donors (Lipinski definition) is 0. The van der Waals surface area contributed by atoms with E-state index < -0.39 is 0 Å². The minimum absolute atomic E-state index is 0.183. The fraction of sp³-hybridized carbons (Fsp3) is 0.667. The fourth-order valence-electron chi connectivity index (χ4n) is 3.77. The van der Waals surface area contributed by atoms with Gasteiger partial charge in [0.2, 0.25) is 5.95 Å². The zero-order valence-electron chi connectivity index (χ0n) is 12.0. The van der Waals surface area contributed by atoms with Gasteiger partial charge >= 0.3 is 0 Å². The number of anilines is 1.